The fraction of sp³-hybridized carbons (Fsp3) is 0.360. The van der Waals surface area contributed by atoms with Crippen LogP contribution in [0.1, 0.15) is 40.0 Å². The van der Waals surface area contributed by atoms with Crippen molar-refractivity contribution < 1.29 is 4.79 Å². The van der Waals surface area contributed by atoms with Crippen LogP contribution in [0.3, 0.4) is 0 Å². The number of benzene rings is 2. The highest BCUT2D eigenvalue weighted by molar-refractivity contribution is 8.00. The summed E-state index contributed by atoms with van der Waals surface area (Å²) in [6.07, 6.45) is 5.29. The number of hydrogen-bond donors (Lipinski definition) is 0. The summed E-state index contributed by atoms with van der Waals surface area (Å²) >= 11 is 1.55. The van der Waals surface area contributed by atoms with Crippen molar-refractivity contribution in [2.75, 3.05) is 0 Å². The van der Waals surface area contributed by atoms with Crippen molar-refractivity contribution in [1.29, 1.82) is 0 Å². The number of piperidine rings is 1. The van der Waals surface area contributed by atoms with E-state index in [2.05, 4.69) is 47.6 Å². The van der Waals surface area contributed by atoms with Gasteiger partial charge in [0.05, 0.1) is 17.1 Å². The SMILES string of the molecule is C[C@@H]1CCC[C@H](C)N1C(=O)[C@@H](C)Sc1ncc(-c2ccccc2)n1-c1ccccc1. The van der Waals surface area contributed by atoms with Crippen LogP contribution >= 0.6 is 11.8 Å². The van der Waals surface area contributed by atoms with Crippen molar-refractivity contribution >= 4 is 17.7 Å². The summed E-state index contributed by atoms with van der Waals surface area (Å²) < 4.78 is 2.16. The van der Waals surface area contributed by atoms with Crippen molar-refractivity contribution in [2.45, 2.75) is 62.5 Å². The largest absolute Gasteiger partial charge is 0.336 e. The molecule has 30 heavy (non-hydrogen) atoms. The molecule has 1 fully saturated rings. The van der Waals surface area contributed by atoms with E-state index in [0.29, 0.717) is 12.1 Å². The van der Waals surface area contributed by atoms with E-state index in [1.54, 1.807) is 11.8 Å². The van der Waals surface area contributed by atoms with Crippen LogP contribution in [-0.4, -0.2) is 37.7 Å². The molecule has 0 radical (unpaired) electrons. The number of carbonyl (C=O) groups is 1. The summed E-state index contributed by atoms with van der Waals surface area (Å²) in [6, 6.07) is 21.1. The molecule has 5 heteroatoms. The van der Waals surface area contributed by atoms with Gasteiger partial charge in [-0.25, -0.2) is 4.98 Å². The number of likely N-dealkylation sites (tertiary alicyclic amines) is 1. The quantitative estimate of drug-likeness (QED) is 0.490. The smallest absolute Gasteiger partial charge is 0.236 e. The highest BCUT2D eigenvalue weighted by Crippen LogP contribution is 2.33. The number of hydrogen-bond acceptors (Lipinski definition) is 3. The summed E-state index contributed by atoms with van der Waals surface area (Å²) in [5.41, 5.74) is 3.19. The molecule has 2 aromatic carbocycles. The van der Waals surface area contributed by atoms with E-state index in [1.807, 2.05) is 49.5 Å². The highest BCUT2D eigenvalue weighted by Gasteiger charge is 2.32. The van der Waals surface area contributed by atoms with Crippen LogP contribution in [0.15, 0.2) is 72.0 Å². The lowest BCUT2D eigenvalue weighted by atomic mass is 9.97. The monoisotopic (exact) mass is 419 g/mol. The zero-order valence-electron chi connectivity index (χ0n) is 17.9. The predicted molar refractivity (Wildman–Crippen MR) is 124 cm³/mol. The summed E-state index contributed by atoms with van der Waals surface area (Å²) in [6.45, 7) is 6.35. The molecule has 0 saturated carbocycles. The fourth-order valence-corrected chi connectivity index (χ4v) is 5.29. The topological polar surface area (TPSA) is 38.1 Å². The summed E-state index contributed by atoms with van der Waals surface area (Å²) in [7, 11) is 0. The standard InChI is InChI=1S/C25H29N3OS/c1-18-11-10-12-19(2)27(18)24(29)20(3)30-25-26-17-23(21-13-6-4-7-14-21)28(25)22-15-8-5-9-16-22/h4-9,13-20H,10-12H2,1-3H3/t18-,19+,20-/m1/s1. The Hall–Kier alpha value is -2.53. The van der Waals surface area contributed by atoms with Gasteiger partial charge < -0.3 is 4.90 Å². The second-order valence-corrected chi connectivity index (χ2v) is 9.41. The zero-order chi connectivity index (χ0) is 21.1. The number of imidazole rings is 1. The van der Waals surface area contributed by atoms with Gasteiger partial charge in [0, 0.05) is 23.3 Å². The maximum atomic E-state index is 13.3. The summed E-state index contributed by atoms with van der Waals surface area (Å²) in [4.78, 5) is 20.1. The average molecular weight is 420 g/mol. The molecule has 0 spiro atoms. The molecule has 156 valence electrons. The van der Waals surface area contributed by atoms with Crippen molar-refractivity contribution in [2.24, 2.45) is 0 Å². The summed E-state index contributed by atoms with van der Waals surface area (Å²) in [5, 5.41) is 0.653. The van der Waals surface area contributed by atoms with Crippen LogP contribution in [0.2, 0.25) is 0 Å². The fourth-order valence-electron chi connectivity index (χ4n) is 4.33. The Labute approximate surface area is 183 Å². The molecule has 0 aliphatic carbocycles. The third kappa shape index (κ3) is 4.17. The van der Waals surface area contributed by atoms with Gasteiger partial charge in [-0.2, -0.15) is 0 Å². The van der Waals surface area contributed by atoms with E-state index in [0.717, 1.165) is 34.9 Å². The van der Waals surface area contributed by atoms with Gasteiger partial charge in [0.15, 0.2) is 5.16 Å². The van der Waals surface area contributed by atoms with Gasteiger partial charge in [0.1, 0.15) is 0 Å². The lowest BCUT2D eigenvalue weighted by molar-refractivity contribution is -0.136. The maximum Gasteiger partial charge on any atom is 0.236 e. The van der Waals surface area contributed by atoms with Crippen molar-refractivity contribution in [1.82, 2.24) is 14.5 Å². The third-order valence-electron chi connectivity index (χ3n) is 5.89. The number of carbonyl (C=O) groups excluding carboxylic acids is 1. The molecule has 0 unspecified atom stereocenters. The first-order valence-electron chi connectivity index (χ1n) is 10.7. The molecule has 4 rings (SSSR count). The Morgan fingerprint density at radius 1 is 1.00 bits per heavy atom. The number of thioether (sulfide) groups is 1. The molecule has 2 heterocycles. The van der Waals surface area contributed by atoms with Crippen LogP contribution in [0.5, 0.6) is 0 Å². The normalized spacial score (nSPS) is 20.2. The van der Waals surface area contributed by atoms with Gasteiger partial charge in [-0.1, -0.05) is 60.3 Å². The molecule has 3 aromatic rings. The van der Waals surface area contributed by atoms with E-state index in [-0.39, 0.29) is 11.2 Å². The van der Waals surface area contributed by atoms with Gasteiger partial charge in [0.2, 0.25) is 5.91 Å². The van der Waals surface area contributed by atoms with E-state index >= 15 is 0 Å². The number of rotatable bonds is 5. The van der Waals surface area contributed by atoms with E-state index in [4.69, 9.17) is 4.98 Å². The minimum Gasteiger partial charge on any atom is -0.336 e. The van der Waals surface area contributed by atoms with E-state index in [9.17, 15) is 4.79 Å². The minimum atomic E-state index is -0.193. The predicted octanol–water partition coefficient (Wildman–Crippen LogP) is 5.81. The summed E-state index contributed by atoms with van der Waals surface area (Å²) in [5.74, 6) is 0.212. The van der Waals surface area contributed by atoms with Gasteiger partial charge in [0.25, 0.3) is 0 Å². The number of aromatic nitrogens is 2. The lowest BCUT2D eigenvalue weighted by Crippen LogP contribution is -2.50. The van der Waals surface area contributed by atoms with Gasteiger partial charge in [-0.05, 0) is 52.2 Å². The first kappa shape index (κ1) is 20.7. The number of para-hydroxylation sites is 1. The van der Waals surface area contributed by atoms with E-state index in [1.165, 1.54) is 6.42 Å². The van der Waals surface area contributed by atoms with Crippen LogP contribution in [0.4, 0.5) is 0 Å². The van der Waals surface area contributed by atoms with Crippen molar-refractivity contribution in [3.8, 4) is 16.9 Å². The third-order valence-corrected chi connectivity index (χ3v) is 6.95. The van der Waals surface area contributed by atoms with E-state index < -0.39 is 0 Å². The molecule has 1 aliphatic rings. The van der Waals surface area contributed by atoms with Crippen LogP contribution in [0, 0.1) is 0 Å². The molecular formula is C25H29N3OS. The molecule has 0 bridgehead atoms. The first-order valence-corrected chi connectivity index (χ1v) is 11.6. The molecule has 4 nitrogen and oxygen atoms in total. The number of nitrogens with zero attached hydrogens (tertiary/aromatic N) is 3. The van der Waals surface area contributed by atoms with Crippen LogP contribution < -0.4 is 0 Å². The zero-order valence-corrected chi connectivity index (χ0v) is 18.7. The Morgan fingerprint density at radius 3 is 2.23 bits per heavy atom. The van der Waals surface area contributed by atoms with Crippen molar-refractivity contribution in [3.05, 3.63) is 66.9 Å². The van der Waals surface area contributed by atoms with Gasteiger partial charge >= 0.3 is 0 Å². The Kier molecular flexibility index (Phi) is 6.28. The molecular weight excluding hydrogens is 390 g/mol. The Morgan fingerprint density at radius 2 is 1.60 bits per heavy atom. The molecule has 1 amide bonds. The van der Waals surface area contributed by atoms with Crippen LogP contribution in [-0.2, 0) is 4.79 Å². The minimum absolute atomic E-state index is 0.193. The lowest BCUT2D eigenvalue weighted by Gasteiger charge is -2.40. The number of amides is 1. The second-order valence-electron chi connectivity index (χ2n) is 8.10. The van der Waals surface area contributed by atoms with Gasteiger partial charge in [-0.15, -0.1) is 0 Å². The molecule has 1 saturated heterocycles. The Bertz CT molecular complexity index is 976. The highest BCUT2D eigenvalue weighted by atomic mass is 32.2. The molecule has 3 atom stereocenters. The Balaban J connectivity index is 1.66. The first-order chi connectivity index (χ1) is 14.6. The van der Waals surface area contributed by atoms with Crippen LogP contribution in [0.25, 0.3) is 16.9 Å². The van der Waals surface area contributed by atoms with Gasteiger partial charge in [-0.3, -0.25) is 9.36 Å². The maximum absolute atomic E-state index is 13.3. The van der Waals surface area contributed by atoms with Crippen molar-refractivity contribution in [3.63, 3.8) is 0 Å². The molecule has 1 aliphatic heterocycles. The molecule has 1 aromatic heterocycles. The second kappa shape index (κ2) is 9.09. The molecule has 0 N–H and O–H groups in total. The average Bonchev–Trinajstić information content (AvgIpc) is 3.18.